The maximum Gasteiger partial charge on any atom is 0.265 e. The maximum absolute atomic E-state index is 12.2. The highest BCUT2D eigenvalue weighted by molar-refractivity contribution is 7.14. The Kier molecular flexibility index (Phi) is 4.73. The van der Waals surface area contributed by atoms with Gasteiger partial charge in [-0.1, -0.05) is 17.9 Å². The van der Waals surface area contributed by atoms with Crippen molar-refractivity contribution in [1.29, 1.82) is 5.26 Å². The summed E-state index contributed by atoms with van der Waals surface area (Å²) in [5.74, 6) is 5.15. The Morgan fingerprint density at radius 1 is 1.43 bits per heavy atom. The molecule has 21 heavy (non-hydrogen) atoms. The SMILES string of the molecule is Cc1cc(C(=O)Nc2cccc(C#N)c2)sc1C#CCO. The number of carbonyl (C=O) groups is 1. The summed E-state index contributed by atoms with van der Waals surface area (Å²) >= 11 is 1.27. The molecule has 2 rings (SSSR count). The predicted molar refractivity (Wildman–Crippen MR) is 82.1 cm³/mol. The van der Waals surface area contributed by atoms with Crippen LogP contribution in [0, 0.1) is 30.1 Å². The molecule has 0 saturated carbocycles. The molecule has 0 unspecified atom stereocenters. The van der Waals surface area contributed by atoms with Gasteiger partial charge in [0.25, 0.3) is 5.91 Å². The Bertz CT molecular complexity index is 776. The lowest BCUT2D eigenvalue weighted by Crippen LogP contribution is -2.10. The van der Waals surface area contributed by atoms with Gasteiger partial charge in [-0.05, 0) is 36.8 Å². The average molecular weight is 296 g/mol. The molecular formula is C16H12N2O2S. The third kappa shape index (κ3) is 3.70. The van der Waals surface area contributed by atoms with E-state index in [1.807, 2.05) is 13.0 Å². The summed E-state index contributed by atoms with van der Waals surface area (Å²) in [6, 6.07) is 10.5. The van der Waals surface area contributed by atoms with Gasteiger partial charge in [0.05, 0.1) is 21.4 Å². The van der Waals surface area contributed by atoms with E-state index in [4.69, 9.17) is 10.4 Å². The third-order valence-electron chi connectivity index (χ3n) is 2.67. The zero-order valence-electron chi connectivity index (χ0n) is 11.3. The second-order valence-corrected chi connectivity index (χ2v) is 5.28. The van der Waals surface area contributed by atoms with Gasteiger partial charge >= 0.3 is 0 Å². The molecule has 0 fully saturated rings. The van der Waals surface area contributed by atoms with Gasteiger partial charge in [0.1, 0.15) is 6.61 Å². The number of benzene rings is 1. The highest BCUT2D eigenvalue weighted by Gasteiger charge is 2.12. The summed E-state index contributed by atoms with van der Waals surface area (Å²) in [5, 5.41) is 20.3. The molecule has 1 heterocycles. The lowest BCUT2D eigenvalue weighted by atomic mass is 10.2. The first-order valence-electron chi connectivity index (χ1n) is 6.15. The van der Waals surface area contributed by atoms with E-state index in [0.717, 1.165) is 10.4 Å². The van der Waals surface area contributed by atoms with Gasteiger partial charge in [-0.2, -0.15) is 5.26 Å². The minimum absolute atomic E-state index is 0.209. The van der Waals surface area contributed by atoms with E-state index in [9.17, 15) is 4.79 Å². The largest absolute Gasteiger partial charge is 0.384 e. The van der Waals surface area contributed by atoms with Gasteiger partial charge in [0.2, 0.25) is 0 Å². The number of aryl methyl sites for hydroxylation is 1. The summed E-state index contributed by atoms with van der Waals surface area (Å²) in [5.41, 5.74) is 1.97. The summed E-state index contributed by atoms with van der Waals surface area (Å²) < 4.78 is 0. The lowest BCUT2D eigenvalue weighted by Gasteiger charge is -2.03. The summed E-state index contributed by atoms with van der Waals surface area (Å²) in [4.78, 5) is 13.5. The number of anilines is 1. The third-order valence-corrected chi connectivity index (χ3v) is 3.82. The number of aliphatic hydroxyl groups excluding tert-OH is 1. The number of thiophene rings is 1. The van der Waals surface area contributed by atoms with E-state index in [0.29, 0.717) is 16.1 Å². The van der Waals surface area contributed by atoms with E-state index in [-0.39, 0.29) is 12.5 Å². The van der Waals surface area contributed by atoms with Crippen molar-refractivity contribution in [1.82, 2.24) is 0 Å². The van der Waals surface area contributed by atoms with Crippen molar-refractivity contribution in [3.05, 3.63) is 51.2 Å². The van der Waals surface area contributed by atoms with Crippen molar-refractivity contribution in [2.75, 3.05) is 11.9 Å². The topological polar surface area (TPSA) is 73.1 Å². The van der Waals surface area contributed by atoms with Crippen LogP contribution in [0.1, 0.15) is 25.7 Å². The fourth-order valence-corrected chi connectivity index (χ4v) is 2.64. The number of carbonyl (C=O) groups excluding carboxylic acids is 1. The number of nitriles is 1. The molecule has 1 aromatic carbocycles. The van der Waals surface area contributed by atoms with Crippen molar-refractivity contribution in [3.8, 4) is 17.9 Å². The second kappa shape index (κ2) is 6.71. The number of aliphatic hydroxyl groups is 1. The molecule has 2 aromatic rings. The number of hydrogen-bond acceptors (Lipinski definition) is 4. The highest BCUT2D eigenvalue weighted by atomic mass is 32.1. The van der Waals surface area contributed by atoms with E-state index in [1.54, 1.807) is 30.3 Å². The Labute approximate surface area is 126 Å². The molecule has 0 bridgehead atoms. The van der Waals surface area contributed by atoms with Crippen LogP contribution in [0.4, 0.5) is 5.69 Å². The minimum atomic E-state index is -0.241. The zero-order chi connectivity index (χ0) is 15.2. The molecule has 5 heteroatoms. The molecule has 0 spiro atoms. The van der Waals surface area contributed by atoms with Crippen LogP contribution in [-0.2, 0) is 0 Å². The number of amides is 1. The molecule has 4 nitrogen and oxygen atoms in total. The standard InChI is InChI=1S/C16H12N2O2S/c1-11-8-15(21-14(11)6-3-7-19)16(20)18-13-5-2-4-12(9-13)10-17/h2,4-5,8-9,19H,7H2,1H3,(H,18,20). The molecule has 0 aliphatic carbocycles. The summed E-state index contributed by atoms with van der Waals surface area (Å²) in [6.07, 6.45) is 0. The van der Waals surface area contributed by atoms with E-state index >= 15 is 0 Å². The van der Waals surface area contributed by atoms with Crippen LogP contribution in [0.2, 0.25) is 0 Å². The molecule has 0 atom stereocenters. The Morgan fingerprint density at radius 2 is 2.24 bits per heavy atom. The van der Waals surface area contributed by atoms with Crippen LogP contribution in [-0.4, -0.2) is 17.6 Å². The monoisotopic (exact) mass is 296 g/mol. The number of rotatable bonds is 2. The maximum atomic E-state index is 12.2. The van der Waals surface area contributed by atoms with Crippen molar-refractivity contribution in [2.45, 2.75) is 6.92 Å². The van der Waals surface area contributed by atoms with Gasteiger partial charge in [-0.3, -0.25) is 4.79 Å². The lowest BCUT2D eigenvalue weighted by molar-refractivity contribution is 0.103. The van der Waals surface area contributed by atoms with Crippen LogP contribution < -0.4 is 5.32 Å². The van der Waals surface area contributed by atoms with Crippen LogP contribution in [0.3, 0.4) is 0 Å². The second-order valence-electron chi connectivity index (χ2n) is 4.23. The molecular weight excluding hydrogens is 284 g/mol. The Balaban J connectivity index is 2.19. The van der Waals surface area contributed by atoms with Gasteiger partial charge in [0, 0.05) is 5.69 Å². The fraction of sp³-hybridized carbons (Fsp3) is 0.125. The molecule has 1 aromatic heterocycles. The number of nitrogens with one attached hydrogen (secondary N) is 1. The van der Waals surface area contributed by atoms with Crippen molar-refractivity contribution in [3.63, 3.8) is 0 Å². The van der Waals surface area contributed by atoms with Crippen LogP contribution in [0.15, 0.2) is 30.3 Å². The van der Waals surface area contributed by atoms with Crippen molar-refractivity contribution >= 4 is 22.9 Å². The molecule has 1 amide bonds. The van der Waals surface area contributed by atoms with E-state index in [1.165, 1.54) is 11.3 Å². The van der Waals surface area contributed by atoms with Crippen LogP contribution >= 0.6 is 11.3 Å². The molecule has 0 saturated heterocycles. The molecule has 0 aliphatic rings. The van der Waals surface area contributed by atoms with E-state index in [2.05, 4.69) is 17.2 Å². The zero-order valence-corrected chi connectivity index (χ0v) is 12.1. The van der Waals surface area contributed by atoms with Crippen LogP contribution in [0.25, 0.3) is 0 Å². The van der Waals surface area contributed by atoms with Gasteiger partial charge < -0.3 is 10.4 Å². The first-order valence-corrected chi connectivity index (χ1v) is 6.97. The van der Waals surface area contributed by atoms with Crippen LogP contribution in [0.5, 0.6) is 0 Å². The normalized spacial score (nSPS) is 9.38. The first-order chi connectivity index (χ1) is 10.1. The molecule has 104 valence electrons. The first kappa shape index (κ1) is 14.8. The molecule has 0 aliphatic heterocycles. The van der Waals surface area contributed by atoms with Gasteiger partial charge in [-0.25, -0.2) is 0 Å². The van der Waals surface area contributed by atoms with Gasteiger partial charge in [0.15, 0.2) is 0 Å². The molecule has 0 radical (unpaired) electrons. The Morgan fingerprint density at radius 3 is 2.95 bits per heavy atom. The van der Waals surface area contributed by atoms with Crippen molar-refractivity contribution < 1.29 is 9.90 Å². The molecule has 2 N–H and O–H groups in total. The van der Waals surface area contributed by atoms with Gasteiger partial charge in [-0.15, -0.1) is 11.3 Å². The fourth-order valence-electron chi connectivity index (χ4n) is 1.70. The quantitative estimate of drug-likeness (QED) is 0.836. The smallest absolute Gasteiger partial charge is 0.265 e. The van der Waals surface area contributed by atoms with E-state index < -0.39 is 0 Å². The minimum Gasteiger partial charge on any atom is -0.384 e. The summed E-state index contributed by atoms with van der Waals surface area (Å²) in [7, 11) is 0. The predicted octanol–water partition coefficient (Wildman–Crippen LogP) is 2.52. The van der Waals surface area contributed by atoms with Crippen molar-refractivity contribution in [2.24, 2.45) is 0 Å². The number of hydrogen-bond donors (Lipinski definition) is 2. The highest BCUT2D eigenvalue weighted by Crippen LogP contribution is 2.22. The summed E-state index contributed by atoms with van der Waals surface area (Å²) in [6.45, 7) is 1.66. The Hall–Kier alpha value is -2.60. The number of nitrogens with zero attached hydrogens (tertiary/aromatic N) is 1. The average Bonchev–Trinajstić information content (AvgIpc) is 2.86.